The summed E-state index contributed by atoms with van der Waals surface area (Å²) in [6, 6.07) is 0. The molecule has 0 radical (unpaired) electrons. The standard InChI is InChI=1S/C13H22N4/c1-17-13(14)15-12(16-17)11-7-6-9-4-2-3-5-10(9)8-11/h9-11H,2-8H2,1H3,(H2,14,15,16). The van der Waals surface area contributed by atoms with Crippen molar-refractivity contribution in [3.63, 3.8) is 0 Å². The molecule has 3 rings (SSSR count). The van der Waals surface area contributed by atoms with Crippen LogP contribution in [0.4, 0.5) is 5.95 Å². The van der Waals surface area contributed by atoms with Crippen LogP contribution >= 0.6 is 0 Å². The lowest BCUT2D eigenvalue weighted by atomic mass is 9.67. The van der Waals surface area contributed by atoms with Crippen molar-refractivity contribution in [2.45, 2.75) is 50.9 Å². The molecule has 2 fully saturated rings. The summed E-state index contributed by atoms with van der Waals surface area (Å²) in [5.41, 5.74) is 5.77. The first kappa shape index (κ1) is 11.1. The number of nitrogens with zero attached hydrogens (tertiary/aromatic N) is 3. The van der Waals surface area contributed by atoms with E-state index in [1.165, 1.54) is 44.9 Å². The van der Waals surface area contributed by atoms with Crippen molar-refractivity contribution in [2.24, 2.45) is 18.9 Å². The molecule has 1 aromatic rings. The molecule has 3 unspecified atom stereocenters. The van der Waals surface area contributed by atoms with Crippen LogP contribution in [0.3, 0.4) is 0 Å². The minimum atomic E-state index is 0.547. The van der Waals surface area contributed by atoms with Gasteiger partial charge >= 0.3 is 0 Å². The third-order valence-corrected chi connectivity index (χ3v) is 4.72. The van der Waals surface area contributed by atoms with E-state index in [4.69, 9.17) is 5.73 Å². The van der Waals surface area contributed by atoms with Crippen LogP contribution in [0.5, 0.6) is 0 Å². The SMILES string of the molecule is Cn1nc(C2CCC3CCCCC3C2)nc1N. The average molecular weight is 234 g/mol. The summed E-state index contributed by atoms with van der Waals surface area (Å²) < 4.78 is 1.70. The van der Waals surface area contributed by atoms with Gasteiger partial charge in [-0.2, -0.15) is 10.1 Å². The van der Waals surface area contributed by atoms with Crippen molar-refractivity contribution in [3.8, 4) is 0 Å². The van der Waals surface area contributed by atoms with Gasteiger partial charge in [0.1, 0.15) is 0 Å². The normalized spacial score (nSPS) is 33.4. The first-order valence-corrected chi connectivity index (χ1v) is 6.90. The van der Waals surface area contributed by atoms with Crippen molar-refractivity contribution in [3.05, 3.63) is 5.82 Å². The number of rotatable bonds is 1. The van der Waals surface area contributed by atoms with Gasteiger partial charge in [0.2, 0.25) is 5.95 Å². The van der Waals surface area contributed by atoms with E-state index in [0.717, 1.165) is 17.7 Å². The van der Waals surface area contributed by atoms with E-state index < -0.39 is 0 Å². The van der Waals surface area contributed by atoms with Gasteiger partial charge in [0.25, 0.3) is 0 Å². The molecule has 3 atom stereocenters. The van der Waals surface area contributed by atoms with Gasteiger partial charge in [-0.1, -0.05) is 25.7 Å². The molecule has 4 nitrogen and oxygen atoms in total. The molecule has 0 bridgehead atoms. The zero-order chi connectivity index (χ0) is 11.8. The van der Waals surface area contributed by atoms with E-state index in [-0.39, 0.29) is 0 Å². The fraction of sp³-hybridized carbons (Fsp3) is 0.846. The Bertz CT molecular complexity index is 379. The summed E-state index contributed by atoms with van der Waals surface area (Å²) in [6.07, 6.45) is 9.65. The number of nitrogens with two attached hydrogens (primary N) is 1. The molecule has 0 amide bonds. The summed E-state index contributed by atoms with van der Waals surface area (Å²) in [4.78, 5) is 4.40. The van der Waals surface area contributed by atoms with Crippen LogP contribution in [0.2, 0.25) is 0 Å². The molecule has 2 N–H and O–H groups in total. The zero-order valence-corrected chi connectivity index (χ0v) is 10.6. The van der Waals surface area contributed by atoms with Gasteiger partial charge in [-0.15, -0.1) is 0 Å². The van der Waals surface area contributed by atoms with Crippen LogP contribution in [0.1, 0.15) is 56.7 Å². The van der Waals surface area contributed by atoms with Crippen LogP contribution in [0.25, 0.3) is 0 Å². The van der Waals surface area contributed by atoms with E-state index in [9.17, 15) is 0 Å². The lowest BCUT2D eigenvalue weighted by Crippen LogP contribution is -2.27. The Kier molecular flexibility index (Phi) is 2.81. The van der Waals surface area contributed by atoms with E-state index >= 15 is 0 Å². The number of fused-ring (bicyclic) bond motifs is 1. The Morgan fingerprint density at radius 1 is 1.12 bits per heavy atom. The fourth-order valence-corrected chi connectivity index (χ4v) is 3.70. The molecule has 1 aromatic heterocycles. The fourth-order valence-electron chi connectivity index (χ4n) is 3.70. The van der Waals surface area contributed by atoms with Crippen LogP contribution in [-0.2, 0) is 7.05 Å². The number of anilines is 1. The molecule has 2 aliphatic carbocycles. The summed E-state index contributed by atoms with van der Waals surface area (Å²) >= 11 is 0. The monoisotopic (exact) mass is 234 g/mol. The van der Waals surface area contributed by atoms with Gasteiger partial charge in [-0.25, -0.2) is 4.68 Å². The second kappa shape index (κ2) is 4.31. The molecule has 4 heteroatoms. The van der Waals surface area contributed by atoms with E-state index in [0.29, 0.717) is 11.9 Å². The second-order valence-electron chi connectivity index (χ2n) is 5.77. The molecule has 0 aliphatic heterocycles. The number of nitrogen functional groups attached to an aromatic ring is 1. The second-order valence-corrected chi connectivity index (χ2v) is 5.77. The summed E-state index contributed by atoms with van der Waals surface area (Å²) in [6.45, 7) is 0. The van der Waals surface area contributed by atoms with Crippen molar-refractivity contribution < 1.29 is 0 Å². The largest absolute Gasteiger partial charge is 0.368 e. The van der Waals surface area contributed by atoms with Crippen LogP contribution in [0, 0.1) is 11.8 Å². The third kappa shape index (κ3) is 2.05. The molecule has 0 saturated heterocycles. The van der Waals surface area contributed by atoms with Gasteiger partial charge in [-0.3, -0.25) is 0 Å². The highest BCUT2D eigenvalue weighted by Crippen LogP contribution is 2.45. The van der Waals surface area contributed by atoms with Crippen LogP contribution in [0.15, 0.2) is 0 Å². The maximum absolute atomic E-state index is 5.77. The topological polar surface area (TPSA) is 56.7 Å². The molecular weight excluding hydrogens is 212 g/mol. The molecule has 2 aliphatic rings. The third-order valence-electron chi connectivity index (χ3n) is 4.72. The van der Waals surface area contributed by atoms with Crippen molar-refractivity contribution >= 4 is 5.95 Å². The highest BCUT2D eigenvalue weighted by molar-refractivity contribution is 5.17. The van der Waals surface area contributed by atoms with Crippen molar-refractivity contribution in [1.82, 2.24) is 14.8 Å². The van der Waals surface area contributed by atoms with Crippen LogP contribution in [-0.4, -0.2) is 14.8 Å². The lowest BCUT2D eigenvalue weighted by molar-refractivity contribution is 0.153. The van der Waals surface area contributed by atoms with Crippen LogP contribution < -0.4 is 5.73 Å². The van der Waals surface area contributed by atoms with Crippen molar-refractivity contribution in [1.29, 1.82) is 0 Å². The molecule has 0 aromatic carbocycles. The molecular formula is C13H22N4. The summed E-state index contributed by atoms with van der Waals surface area (Å²) in [7, 11) is 1.87. The first-order chi connectivity index (χ1) is 8.24. The van der Waals surface area contributed by atoms with Crippen molar-refractivity contribution in [2.75, 3.05) is 5.73 Å². The minimum absolute atomic E-state index is 0.547. The van der Waals surface area contributed by atoms with Gasteiger partial charge in [0.15, 0.2) is 5.82 Å². The number of hydrogen-bond acceptors (Lipinski definition) is 3. The molecule has 17 heavy (non-hydrogen) atoms. The van der Waals surface area contributed by atoms with E-state index in [1.54, 1.807) is 4.68 Å². The quantitative estimate of drug-likeness (QED) is 0.812. The minimum Gasteiger partial charge on any atom is -0.368 e. The Hall–Kier alpha value is -1.06. The van der Waals surface area contributed by atoms with Gasteiger partial charge in [0.05, 0.1) is 0 Å². The lowest BCUT2D eigenvalue weighted by Gasteiger charge is -2.38. The number of aromatic nitrogens is 3. The molecule has 94 valence electrons. The summed E-state index contributed by atoms with van der Waals surface area (Å²) in [5, 5.41) is 4.45. The predicted molar refractivity (Wildman–Crippen MR) is 67.5 cm³/mol. The Morgan fingerprint density at radius 2 is 1.88 bits per heavy atom. The summed E-state index contributed by atoms with van der Waals surface area (Å²) in [5.74, 6) is 3.99. The van der Waals surface area contributed by atoms with Gasteiger partial charge in [-0.05, 0) is 31.1 Å². The predicted octanol–water partition coefficient (Wildman–Crippen LogP) is 2.47. The van der Waals surface area contributed by atoms with Gasteiger partial charge in [0, 0.05) is 13.0 Å². The molecule has 2 saturated carbocycles. The Morgan fingerprint density at radius 3 is 2.59 bits per heavy atom. The first-order valence-electron chi connectivity index (χ1n) is 6.90. The Labute approximate surface area is 103 Å². The highest BCUT2D eigenvalue weighted by atomic mass is 15.4. The number of aryl methyl sites for hydroxylation is 1. The zero-order valence-electron chi connectivity index (χ0n) is 10.6. The molecule has 0 spiro atoms. The van der Waals surface area contributed by atoms with Gasteiger partial charge < -0.3 is 5.73 Å². The van der Waals surface area contributed by atoms with E-state index in [2.05, 4.69) is 10.1 Å². The Balaban J connectivity index is 1.73. The highest BCUT2D eigenvalue weighted by Gasteiger charge is 2.34. The number of hydrogen-bond donors (Lipinski definition) is 1. The maximum Gasteiger partial charge on any atom is 0.218 e. The molecule has 1 heterocycles. The van der Waals surface area contributed by atoms with E-state index in [1.807, 2.05) is 7.05 Å². The maximum atomic E-state index is 5.77. The average Bonchev–Trinajstić information content (AvgIpc) is 2.69. The smallest absolute Gasteiger partial charge is 0.218 e.